The highest BCUT2D eigenvalue weighted by Crippen LogP contribution is 2.51. The maximum atomic E-state index is 15.6. The van der Waals surface area contributed by atoms with Gasteiger partial charge < -0.3 is 55.5 Å². The van der Waals surface area contributed by atoms with Gasteiger partial charge in [0.1, 0.15) is 35.3 Å². The van der Waals surface area contributed by atoms with E-state index < -0.39 is 143 Å². The van der Waals surface area contributed by atoms with E-state index in [1.165, 1.54) is 0 Å². The van der Waals surface area contributed by atoms with Gasteiger partial charge in [-0.25, -0.2) is 0 Å². The highest BCUT2D eigenvalue weighted by molar-refractivity contribution is 6.71. The Kier molecular flexibility index (Phi) is 19.6. The first kappa shape index (κ1) is 62.3. The molecule has 70 heavy (non-hydrogen) atoms. The van der Waals surface area contributed by atoms with E-state index in [0.29, 0.717) is 12.8 Å². The summed E-state index contributed by atoms with van der Waals surface area (Å²) in [6.07, 6.45) is -4.71. The number of carbonyl (C=O) groups excluding carboxylic acids is 2. The second-order valence-electron chi connectivity index (χ2n) is 27.5. The van der Waals surface area contributed by atoms with E-state index in [1.807, 2.05) is 41.5 Å². The summed E-state index contributed by atoms with van der Waals surface area (Å²) < 4.78 is 80.7. The van der Waals surface area contributed by atoms with Crippen molar-refractivity contribution in [1.29, 1.82) is 0 Å². The molecule has 4 aliphatic heterocycles. The Labute approximate surface area is 431 Å². The number of fused-ring (bicyclic) bond motifs is 4. The van der Waals surface area contributed by atoms with Crippen molar-refractivity contribution in [3.8, 4) is 0 Å². The Morgan fingerprint density at radius 1 is 0.643 bits per heavy atom. The van der Waals surface area contributed by atoms with Crippen LogP contribution >= 0.6 is 0 Å². The second kappa shape index (κ2) is 22.0. The first-order valence-electron chi connectivity index (χ1n) is 26.6. The number of hydrogen-bond donors (Lipinski definition) is 0. The summed E-state index contributed by atoms with van der Waals surface area (Å²) in [5, 5.41) is 0. The quantitative estimate of drug-likeness (QED) is 0.135. The topological polar surface area (TPSA) is 139 Å². The summed E-state index contributed by atoms with van der Waals surface area (Å²) in [5.74, 6) is -5.00. The fourth-order valence-electron chi connectivity index (χ4n) is 12.0. The molecule has 19 heteroatoms. The first-order valence-corrected chi connectivity index (χ1v) is 43.6. The van der Waals surface area contributed by atoms with Gasteiger partial charge in [-0.1, -0.05) is 27.7 Å². The summed E-state index contributed by atoms with van der Waals surface area (Å²) in [4.78, 5) is 33.2. The van der Waals surface area contributed by atoms with Gasteiger partial charge in [-0.3, -0.25) is 9.59 Å². The van der Waals surface area contributed by atoms with E-state index >= 15 is 9.59 Å². The van der Waals surface area contributed by atoms with Crippen molar-refractivity contribution >= 4 is 53.3 Å². The fraction of sp³-hybridized carbons (Fsp3) is 0.961. The molecule has 4 heterocycles. The van der Waals surface area contributed by atoms with Crippen LogP contribution < -0.4 is 0 Å². The highest BCUT2D eigenvalue weighted by atomic mass is 28.4. The van der Waals surface area contributed by atoms with E-state index in [9.17, 15) is 0 Å². The van der Waals surface area contributed by atoms with Crippen LogP contribution in [0.15, 0.2) is 0 Å². The zero-order valence-electron chi connectivity index (χ0n) is 49.2. The number of esters is 1. The van der Waals surface area contributed by atoms with Crippen molar-refractivity contribution in [2.24, 2.45) is 23.7 Å². The standard InChI is InChI=1S/C51H103NO13Si5/c1-28-39-50(10,65-70(25,26)27)44(60-66(13,14)15)34(4)41(53)32(2)30-49(9,64-69(22,23)24)43-35(5)42(36(6)47(54)56-39)57-40-31-48(8,45(37(7)55-40)61-67(16,17)18)63-51(59-43)46(62-68(19,20)21)38(52(11)12)29-33(3)58-51/h32-40,42-46H,28-31H2,1-27H3/t32-,33?,34+,35+,36-,37?,38?,39-,40?,42+,43-,44-,45?,46?,48?,49-,50-,51?/m1/s1. The third-order valence-corrected chi connectivity index (χ3v) is 19.2. The number of Topliss-reactive ketones (excluding diaryl/α,β-unsaturated/α-hetero) is 1. The van der Waals surface area contributed by atoms with Crippen LogP contribution in [0.1, 0.15) is 94.9 Å². The third kappa shape index (κ3) is 15.3. The molecule has 0 aromatic rings. The number of rotatable bonds is 12. The number of hydrogen-bond acceptors (Lipinski definition) is 14. The summed E-state index contributed by atoms with van der Waals surface area (Å²) in [6, 6.07) is -0.200. The van der Waals surface area contributed by atoms with Crippen LogP contribution in [0.3, 0.4) is 0 Å². The molecule has 1 spiro atoms. The second-order valence-corrected chi connectivity index (χ2v) is 49.7. The van der Waals surface area contributed by atoms with Gasteiger partial charge in [0.25, 0.3) is 0 Å². The zero-order valence-corrected chi connectivity index (χ0v) is 54.2. The number of carbonyl (C=O) groups is 2. The lowest BCUT2D eigenvalue weighted by atomic mass is 9.74. The zero-order chi connectivity index (χ0) is 53.9. The van der Waals surface area contributed by atoms with Crippen molar-refractivity contribution in [1.82, 2.24) is 4.90 Å². The predicted molar refractivity (Wildman–Crippen MR) is 290 cm³/mol. The van der Waals surface area contributed by atoms with E-state index in [-0.39, 0.29) is 30.8 Å². The number of ketones is 1. The summed E-state index contributed by atoms with van der Waals surface area (Å²) in [7, 11) is -7.85. The molecule has 0 N–H and O–H groups in total. The minimum absolute atomic E-state index is 0.00265. The number of ether oxygens (including phenoxy) is 6. The van der Waals surface area contributed by atoms with E-state index in [2.05, 4.69) is 145 Å². The summed E-state index contributed by atoms with van der Waals surface area (Å²) in [6.45, 7) is 52.3. The van der Waals surface area contributed by atoms with Crippen LogP contribution in [0.5, 0.6) is 0 Å². The van der Waals surface area contributed by atoms with Crippen molar-refractivity contribution in [2.45, 2.75) is 277 Å². The molecular formula is C51H103NO13Si5. The lowest BCUT2D eigenvalue weighted by Crippen LogP contribution is -2.73. The molecule has 0 aromatic carbocycles. The average molecular weight is 1080 g/mol. The SMILES string of the molecule is CC[C@H]1OC(=O)[C@H](C)[C@H]2OC3CC(C)(OC4(OC(C)CC(N(C)C)C4O[Si](C)(C)C)O[C@H]([C@H]2C)[C@](C)(O[Si](C)(C)C)C[C@@H](C)C(=O)[C@H](C)[C@@H](O[Si](C)(C)C)[C@]1(C)O[Si](C)(C)C)C(O[Si](C)(C)C)C(C)O3. The molecular weight excluding hydrogens is 975 g/mol. The van der Waals surface area contributed by atoms with Gasteiger partial charge in [0.05, 0.1) is 42.0 Å². The molecule has 0 aromatic heterocycles. The Morgan fingerprint density at radius 2 is 1.16 bits per heavy atom. The lowest BCUT2D eigenvalue weighted by molar-refractivity contribution is -0.497. The third-order valence-electron chi connectivity index (χ3n) is 14.1. The molecule has 0 amide bonds. The number of likely N-dealkylation sites (N-methyl/N-ethyl adjacent to an activating group) is 1. The molecule has 4 bridgehead atoms. The maximum absolute atomic E-state index is 15.6. The molecule has 4 aliphatic rings. The largest absolute Gasteiger partial charge is 0.459 e. The van der Waals surface area contributed by atoms with Gasteiger partial charge in [-0.2, -0.15) is 0 Å². The van der Waals surface area contributed by atoms with E-state index in [4.69, 9.17) is 50.6 Å². The molecule has 8 unspecified atom stereocenters. The number of nitrogens with zero attached hydrogens (tertiary/aromatic N) is 1. The summed E-state index contributed by atoms with van der Waals surface area (Å²) >= 11 is 0. The van der Waals surface area contributed by atoms with Gasteiger partial charge in [-0.15, -0.1) is 0 Å². The highest BCUT2D eigenvalue weighted by Gasteiger charge is 2.65. The van der Waals surface area contributed by atoms with Crippen molar-refractivity contribution in [3.63, 3.8) is 0 Å². The van der Waals surface area contributed by atoms with Gasteiger partial charge >= 0.3 is 11.9 Å². The minimum atomic E-state index is -2.53. The van der Waals surface area contributed by atoms with E-state index in [0.717, 1.165) is 0 Å². The first-order chi connectivity index (χ1) is 31.4. The Balaban J connectivity index is 2.20. The smallest absolute Gasteiger partial charge is 0.312 e. The Bertz CT molecular complexity index is 1780. The normalized spacial score (nSPS) is 42.6. The summed E-state index contributed by atoms with van der Waals surface area (Å²) in [5.41, 5.74) is -3.52. The Hall–Kier alpha value is -0.216. The van der Waals surface area contributed by atoms with Crippen LogP contribution in [-0.4, -0.2) is 156 Å². The van der Waals surface area contributed by atoms with Gasteiger partial charge in [0.15, 0.2) is 47.9 Å². The molecule has 410 valence electrons. The van der Waals surface area contributed by atoms with Crippen molar-refractivity contribution in [2.75, 3.05) is 14.1 Å². The van der Waals surface area contributed by atoms with Gasteiger partial charge in [0.2, 0.25) is 0 Å². The van der Waals surface area contributed by atoms with Crippen LogP contribution in [0.4, 0.5) is 0 Å². The van der Waals surface area contributed by atoms with Crippen molar-refractivity contribution in [3.05, 3.63) is 0 Å². The minimum Gasteiger partial charge on any atom is -0.459 e. The fourth-order valence-corrected chi connectivity index (χ4v) is 18.6. The van der Waals surface area contributed by atoms with Crippen LogP contribution in [0.25, 0.3) is 0 Å². The van der Waals surface area contributed by atoms with Crippen LogP contribution in [0.2, 0.25) is 98.2 Å². The Morgan fingerprint density at radius 3 is 1.64 bits per heavy atom. The molecule has 18 atom stereocenters. The van der Waals surface area contributed by atoms with Crippen LogP contribution in [-0.2, 0) is 60.1 Å². The maximum Gasteiger partial charge on any atom is 0.312 e. The predicted octanol–water partition coefficient (Wildman–Crippen LogP) is 10.8. The molecule has 0 aliphatic carbocycles. The lowest BCUT2D eigenvalue weighted by Gasteiger charge is -2.60. The van der Waals surface area contributed by atoms with Gasteiger partial charge in [0, 0.05) is 30.2 Å². The van der Waals surface area contributed by atoms with Crippen LogP contribution in [0, 0.1) is 23.7 Å². The molecule has 4 fully saturated rings. The monoisotopic (exact) mass is 1080 g/mol. The van der Waals surface area contributed by atoms with Gasteiger partial charge in [-0.05, 0) is 173 Å². The molecule has 4 rings (SSSR count). The molecule has 0 radical (unpaired) electrons. The molecule has 4 saturated heterocycles. The molecule has 14 nitrogen and oxygen atoms in total. The van der Waals surface area contributed by atoms with Crippen molar-refractivity contribution < 1.29 is 60.1 Å². The number of cyclic esters (lactones) is 1. The van der Waals surface area contributed by atoms with E-state index in [1.54, 1.807) is 0 Å². The average Bonchev–Trinajstić information content (AvgIpc) is 3.15. The molecule has 0 saturated carbocycles.